The molecule has 0 bridgehead atoms. The number of hydrogen-bond acceptors (Lipinski definition) is 6. The minimum atomic E-state index is -0.417. The van der Waals surface area contributed by atoms with E-state index in [1.807, 2.05) is 42.7 Å². The smallest absolute Gasteiger partial charge is 0.337 e. The van der Waals surface area contributed by atoms with Crippen LogP contribution in [0.25, 0.3) is 38.9 Å². The predicted octanol–water partition coefficient (Wildman–Crippen LogP) is 4.04. The average molecular weight is 427 g/mol. The van der Waals surface area contributed by atoms with Crippen molar-refractivity contribution in [2.24, 2.45) is 0 Å². The van der Waals surface area contributed by atoms with Gasteiger partial charge in [-0.3, -0.25) is 13.9 Å². The summed E-state index contributed by atoms with van der Waals surface area (Å²) in [5, 5.41) is 0.429. The summed E-state index contributed by atoms with van der Waals surface area (Å²) in [7, 11) is 1.34. The molecule has 0 saturated heterocycles. The topological polar surface area (TPSA) is 91.9 Å². The van der Waals surface area contributed by atoms with Crippen molar-refractivity contribution < 1.29 is 9.53 Å². The first-order valence-electron chi connectivity index (χ1n) is 10.4. The zero-order valence-corrected chi connectivity index (χ0v) is 17.9. The molecule has 0 N–H and O–H groups in total. The Morgan fingerprint density at radius 1 is 1.03 bits per heavy atom. The fourth-order valence-electron chi connectivity index (χ4n) is 3.87. The van der Waals surface area contributed by atoms with Crippen LogP contribution in [0.2, 0.25) is 0 Å². The number of ether oxygens (including phenoxy) is 1. The Hall–Kier alpha value is -4.07. The summed E-state index contributed by atoms with van der Waals surface area (Å²) in [6.45, 7) is 4.02. The van der Waals surface area contributed by atoms with Crippen LogP contribution in [-0.4, -0.2) is 37.2 Å². The second kappa shape index (κ2) is 7.56. The molecular formula is C24H21N5O3. The zero-order valence-electron chi connectivity index (χ0n) is 17.9. The lowest BCUT2D eigenvalue weighted by molar-refractivity contribution is 0.0600. The van der Waals surface area contributed by atoms with Gasteiger partial charge in [0.15, 0.2) is 11.3 Å². The van der Waals surface area contributed by atoms with Crippen molar-refractivity contribution in [3.8, 4) is 5.69 Å². The number of nitrogens with zero attached hydrogens (tertiary/aromatic N) is 5. The molecule has 8 heteroatoms. The second-order valence-electron chi connectivity index (χ2n) is 7.67. The molecule has 1 unspecified atom stereocenters. The van der Waals surface area contributed by atoms with E-state index in [1.165, 1.54) is 7.11 Å². The van der Waals surface area contributed by atoms with Gasteiger partial charge in [-0.25, -0.2) is 19.7 Å². The normalized spacial score (nSPS) is 12.5. The third-order valence-corrected chi connectivity index (χ3v) is 5.80. The van der Waals surface area contributed by atoms with E-state index in [4.69, 9.17) is 14.7 Å². The molecule has 160 valence electrons. The maximum Gasteiger partial charge on any atom is 0.337 e. The lowest BCUT2D eigenvalue weighted by Gasteiger charge is -2.12. The summed E-state index contributed by atoms with van der Waals surface area (Å²) < 4.78 is 8.25. The number of fused-ring (bicyclic) bond motifs is 4. The molecule has 32 heavy (non-hydrogen) atoms. The molecule has 8 nitrogen and oxygen atoms in total. The van der Waals surface area contributed by atoms with E-state index in [0.717, 1.165) is 17.6 Å². The van der Waals surface area contributed by atoms with Crippen molar-refractivity contribution in [1.29, 1.82) is 0 Å². The van der Waals surface area contributed by atoms with Gasteiger partial charge in [-0.2, -0.15) is 0 Å². The first kappa shape index (κ1) is 19.9. The first-order valence-corrected chi connectivity index (χ1v) is 10.4. The van der Waals surface area contributed by atoms with Gasteiger partial charge in [0.25, 0.3) is 5.56 Å². The van der Waals surface area contributed by atoms with E-state index in [0.29, 0.717) is 33.3 Å². The monoisotopic (exact) mass is 427 g/mol. The van der Waals surface area contributed by atoms with Crippen molar-refractivity contribution in [3.63, 3.8) is 0 Å². The van der Waals surface area contributed by atoms with Crippen molar-refractivity contribution in [3.05, 3.63) is 70.8 Å². The van der Waals surface area contributed by atoms with Crippen LogP contribution in [0.4, 0.5) is 0 Å². The van der Waals surface area contributed by atoms with Crippen LogP contribution in [0.3, 0.4) is 0 Å². The third-order valence-electron chi connectivity index (χ3n) is 5.80. The number of carbonyl (C=O) groups excluding carboxylic acids is 1. The van der Waals surface area contributed by atoms with Crippen LogP contribution in [0, 0.1) is 0 Å². The molecule has 5 aromatic rings. The molecule has 0 spiro atoms. The summed E-state index contributed by atoms with van der Waals surface area (Å²) in [6.07, 6.45) is 2.38. The lowest BCUT2D eigenvalue weighted by atomic mass is 10.2. The van der Waals surface area contributed by atoms with Gasteiger partial charge in [0.1, 0.15) is 17.2 Å². The largest absolute Gasteiger partial charge is 0.465 e. The lowest BCUT2D eigenvalue weighted by Crippen LogP contribution is -2.23. The van der Waals surface area contributed by atoms with Gasteiger partial charge in [0.05, 0.1) is 23.7 Å². The summed E-state index contributed by atoms with van der Waals surface area (Å²) in [5.74, 6) is -0.417. The molecule has 0 radical (unpaired) electrons. The van der Waals surface area contributed by atoms with Crippen LogP contribution < -0.4 is 5.56 Å². The van der Waals surface area contributed by atoms with Gasteiger partial charge >= 0.3 is 5.97 Å². The van der Waals surface area contributed by atoms with Crippen LogP contribution in [0.15, 0.2) is 59.7 Å². The number of rotatable bonds is 4. The SMILES string of the molecule is CCC(C)n1cnc2c(c1=O)c1nc3ccccc3nc1n2-c1ccc(C(=O)OC)cc1. The number of para-hydroxylation sites is 2. The van der Waals surface area contributed by atoms with Crippen LogP contribution in [0.1, 0.15) is 36.7 Å². The number of methoxy groups -OCH3 is 1. The molecule has 0 aliphatic heterocycles. The van der Waals surface area contributed by atoms with Crippen molar-refractivity contribution >= 4 is 39.2 Å². The molecule has 5 rings (SSSR count). The van der Waals surface area contributed by atoms with Gasteiger partial charge in [-0.15, -0.1) is 0 Å². The van der Waals surface area contributed by atoms with Crippen LogP contribution >= 0.6 is 0 Å². The highest BCUT2D eigenvalue weighted by Crippen LogP contribution is 2.28. The third kappa shape index (κ3) is 2.95. The molecule has 0 aliphatic carbocycles. The van der Waals surface area contributed by atoms with Gasteiger partial charge < -0.3 is 4.74 Å². The number of hydrogen-bond donors (Lipinski definition) is 0. The maximum absolute atomic E-state index is 13.5. The zero-order chi connectivity index (χ0) is 22.4. The van der Waals surface area contributed by atoms with Crippen LogP contribution in [0.5, 0.6) is 0 Å². The Bertz CT molecular complexity index is 1550. The summed E-state index contributed by atoms with van der Waals surface area (Å²) in [6, 6.07) is 14.5. The van der Waals surface area contributed by atoms with E-state index in [-0.39, 0.29) is 11.6 Å². The number of esters is 1. The van der Waals surface area contributed by atoms with E-state index in [1.54, 1.807) is 35.2 Å². The number of aromatic nitrogens is 5. The van der Waals surface area contributed by atoms with Crippen molar-refractivity contribution in [2.45, 2.75) is 26.3 Å². The maximum atomic E-state index is 13.5. The second-order valence-corrected chi connectivity index (χ2v) is 7.67. The van der Waals surface area contributed by atoms with Crippen molar-refractivity contribution in [2.75, 3.05) is 7.11 Å². The average Bonchev–Trinajstić information content (AvgIpc) is 3.15. The molecule has 0 aliphatic rings. The van der Waals surface area contributed by atoms with Gasteiger partial charge in [-0.05, 0) is 49.7 Å². The molecule has 2 aromatic carbocycles. The molecule has 0 saturated carbocycles. The Labute approximate surface area is 183 Å². The fourth-order valence-corrected chi connectivity index (χ4v) is 3.87. The van der Waals surface area contributed by atoms with E-state index >= 15 is 0 Å². The molecule has 0 amide bonds. The fraction of sp³-hybridized carbons (Fsp3) is 0.208. The molecule has 0 fully saturated rings. The van der Waals surface area contributed by atoms with E-state index in [9.17, 15) is 9.59 Å². The highest BCUT2D eigenvalue weighted by atomic mass is 16.5. The molecule has 1 atom stereocenters. The quantitative estimate of drug-likeness (QED) is 0.402. The Morgan fingerprint density at radius 3 is 2.38 bits per heavy atom. The minimum absolute atomic E-state index is 0.00514. The number of benzene rings is 2. The van der Waals surface area contributed by atoms with Gasteiger partial charge in [0.2, 0.25) is 0 Å². The van der Waals surface area contributed by atoms with E-state index in [2.05, 4.69) is 4.98 Å². The summed E-state index contributed by atoms with van der Waals surface area (Å²) in [5.41, 5.74) is 3.95. The predicted molar refractivity (Wildman–Crippen MR) is 122 cm³/mol. The van der Waals surface area contributed by atoms with Crippen LogP contribution in [-0.2, 0) is 4.74 Å². The molecule has 3 aromatic heterocycles. The Morgan fingerprint density at radius 2 is 1.72 bits per heavy atom. The summed E-state index contributed by atoms with van der Waals surface area (Å²) >= 11 is 0. The standard InChI is InChI=1S/C24H21N5O3/c1-4-14(2)28-13-25-21-19(23(28)30)20-22(27-18-8-6-5-7-17(18)26-20)29(21)16-11-9-15(10-12-16)24(31)32-3/h5-14H,4H2,1-3H3. The van der Waals surface area contributed by atoms with Crippen molar-refractivity contribution in [1.82, 2.24) is 24.1 Å². The Balaban J connectivity index is 1.88. The Kier molecular flexibility index (Phi) is 4.70. The molecular weight excluding hydrogens is 406 g/mol. The number of carbonyl (C=O) groups is 1. The molecule has 3 heterocycles. The van der Waals surface area contributed by atoms with Gasteiger partial charge in [0, 0.05) is 11.7 Å². The highest BCUT2D eigenvalue weighted by molar-refractivity contribution is 6.05. The van der Waals surface area contributed by atoms with E-state index < -0.39 is 5.97 Å². The minimum Gasteiger partial charge on any atom is -0.465 e. The van der Waals surface area contributed by atoms with Gasteiger partial charge in [-0.1, -0.05) is 19.1 Å². The summed E-state index contributed by atoms with van der Waals surface area (Å²) in [4.78, 5) is 39.6. The first-order chi connectivity index (χ1) is 15.5. The highest BCUT2D eigenvalue weighted by Gasteiger charge is 2.22.